The van der Waals surface area contributed by atoms with Crippen molar-refractivity contribution in [3.63, 3.8) is 0 Å². The number of aliphatic hydroxyl groups excluding tert-OH is 1. The predicted molar refractivity (Wildman–Crippen MR) is 66.5 cm³/mol. The van der Waals surface area contributed by atoms with Gasteiger partial charge in [-0.25, -0.2) is 0 Å². The van der Waals surface area contributed by atoms with Gasteiger partial charge in [-0.3, -0.25) is 0 Å². The van der Waals surface area contributed by atoms with E-state index in [4.69, 9.17) is 4.74 Å². The van der Waals surface area contributed by atoms with Gasteiger partial charge in [0.25, 0.3) is 0 Å². The molecular weight excluding hydrogens is 202 g/mol. The van der Waals surface area contributed by atoms with Gasteiger partial charge >= 0.3 is 0 Å². The van der Waals surface area contributed by atoms with Crippen LogP contribution in [0.3, 0.4) is 0 Å². The van der Waals surface area contributed by atoms with E-state index < -0.39 is 0 Å². The smallest absolute Gasteiger partial charge is 0.0692 e. The molecule has 3 heteroatoms. The molecule has 0 radical (unpaired) electrons. The summed E-state index contributed by atoms with van der Waals surface area (Å²) >= 11 is 0. The van der Waals surface area contributed by atoms with Crippen molar-refractivity contribution >= 4 is 0 Å². The van der Waals surface area contributed by atoms with Crippen molar-refractivity contribution in [3.05, 3.63) is 0 Å². The number of rotatable bonds is 6. The van der Waals surface area contributed by atoms with Crippen molar-refractivity contribution in [2.45, 2.75) is 39.2 Å². The van der Waals surface area contributed by atoms with E-state index in [1.54, 1.807) is 0 Å². The fourth-order valence-electron chi connectivity index (χ4n) is 2.22. The molecule has 3 nitrogen and oxygen atoms in total. The summed E-state index contributed by atoms with van der Waals surface area (Å²) in [6.07, 6.45) is 3.20. The summed E-state index contributed by atoms with van der Waals surface area (Å²) in [6, 6.07) is 0. The Morgan fingerprint density at radius 1 is 1.38 bits per heavy atom. The van der Waals surface area contributed by atoms with Crippen LogP contribution in [0.1, 0.15) is 33.1 Å². The number of likely N-dealkylation sites (N-methyl/N-ethyl adjacent to an activating group) is 1. The maximum Gasteiger partial charge on any atom is 0.0692 e. The first-order valence-corrected chi connectivity index (χ1v) is 6.57. The van der Waals surface area contributed by atoms with Crippen LogP contribution in [0.4, 0.5) is 0 Å². The van der Waals surface area contributed by atoms with Gasteiger partial charge in [0, 0.05) is 26.3 Å². The standard InChI is InChI=1S/C13H27NO2/c1-4-11(2)13(15)10-14(3)9-12-5-7-16-8-6-12/h11-13,15H,4-10H2,1-3H3. The third-order valence-corrected chi connectivity index (χ3v) is 3.71. The molecule has 1 aliphatic rings. The highest BCUT2D eigenvalue weighted by Crippen LogP contribution is 2.16. The normalized spacial score (nSPS) is 22.3. The van der Waals surface area contributed by atoms with Gasteiger partial charge in [0.1, 0.15) is 0 Å². The predicted octanol–water partition coefficient (Wildman–Crippen LogP) is 1.75. The Morgan fingerprint density at radius 2 is 2.00 bits per heavy atom. The van der Waals surface area contributed by atoms with E-state index in [1.807, 2.05) is 0 Å². The molecule has 0 aromatic carbocycles. The van der Waals surface area contributed by atoms with Crippen molar-refractivity contribution in [1.29, 1.82) is 0 Å². The Morgan fingerprint density at radius 3 is 2.56 bits per heavy atom. The topological polar surface area (TPSA) is 32.7 Å². The molecule has 1 N–H and O–H groups in total. The van der Waals surface area contributed by atoms with Crippen molar-refractivity contribution in [2.75, 3.05) is 33.4 Å². The summed E-state index contributed by atoms with van der Waals surface area (Å²) in [5.74, 6) is 1.15. The van der Waals surface area contributed by atoms with E-state index in [-0.39, 0.29) is 6.10 Å². The third kappa shape index (κ3) is 4.81. The van der Waals surface area contributed by atoms with Gasteiger partial charge in [-0.2, -0.15) is 0 Å². The molecule has 1 saturated heterocycles. The first-order valence-electron chi connectivity index (χ1n) is 6.57. The highest BCUT2D eigenvalue weighted by Gasteiger charge is 2.19. The van der Waals surface area contributed by atoms with Gasteiger partial charge in [0.15, 0.2) is 0 Å². The molecule has 2 unspecified atom stereocenters. The van der Waals surface area contributed by atoms with Crippen LogP contribution < -0.4 is 0 Å². The molecular formula is C13H27NO2. The Kier molecular flexibility index (Phi) is 6.32. The van der Waals surface area contributed by atoms with E-state index in [9.17, 15) is 5.11 Å². The number of ether oxygens (including phenoxy) is 1. The molecule has 0 bridgehead atoms. The molecule has 0 aromatic heterocycles. The van der Waals surface area contributed by atoms with Crippen LogP contribution in [0.2, 0.25) is 0 Å². The Hall–Kier alpha value is -0.120. The van der Waals surface area contributed by atoms with E-state index in [2.05, 4.69) is 25.8 Å². The van der Waals surface area contributed by atoms with Crippen LogP contribution in [0.15, 0.2) is 0 Å². The van der Waals surface area contributed by atoms with Crippen LogP contribution in [0, 0.1) is 11.8 Å². The van der Waals surface area contributed by atoms with Crippen LogP contribution in [-0.4, -0.2) is 49.5 Å². The molecule has 1 heterocycles. The number of hydrogen-bond acceptors (Lipinski definition) is 3. The summed E-state index contributed by atoms with van der Waals surface area (Å²) in [6.45, 7) is 7.96. The average Bonchev–Trinajstić information content (AvgIpc) is 2.29. The summed E-state index contributed by atoms with van der Waals surface area (Å²) in [5.41, 5.74) is 0. The lowest BCUT2D eigenvalue weighted by Gasteiger charge is -2.29. The summed E-state index contributed by atoms with van der Waals surface area (Å²) in [5, 5.41) is 9.95. The zero-order valence-corrected chi connectivity index (χ0v) is 11.0. The van der Waals surface area contributed by atoms with Crippen LogP contribution in [0.25, 0.3) is 0 Å². The van der Waals surface area contributed by atoms with E-state index in [1.165, 1.54) is 12.8 Å². The van der Waals surface area contributed by atoms with Gasteiger partial charge in [0.05, 0.1) is 6.10 Å². The van der Waals surface area contributed by atoms with Crippen LogP contribution in [0.5, 0.6) is 0 Å². The zero-order chi connectivity index (χ0) is 12.0. The second kappa shape index (κ2) is 7.25. The minimum Gasteiger partial charge on any atom is -0.392 e. The Labute approximate surface area is 99.8 Å². The first-order chi connectivity index (χ1) is 7.63. The van der Waals surface area contributed by atoms with E-state index in [0.717, 1.165) is 38.6 Å². The van der Waals surface area contributed by atoms with Crippen molar-refractivity contribution in [2.24, 2.45) is 11.8 Å². The molecule has 1 rings (SSSR count). The molecule has 1 fully saturated rings. The highest BCUT2D eigenvalue weighted by atomic mass is 16.5. The van der Waals surface area contributed by atoms with Gasteiger partial charge in [-0.15, -0.1) is 0 Å². The van der Waals surface area contributed by atoms with Gasteiger partial charge < -0.3 is 14.7 Å². The maximum absolute atomic E-state index is 9.95. The quantitative estimate of drug-likeness (QED) is 0.753. The summed E-state index contributed by atoms with van der Waals surface area (Å²) in [4.78, 5) is 2.27. The van der Waals surface area contributed by atoms with Crippen molar-refractivity contribution in [1.82, 2.24) is 4.90 Å². The Bertz CT molecular complexity index is 177. The highest BCUT2D eigenvalue weighted by molar-refractivity contribution is 4.71. The van der Waals surface area contributed by atoms with E-state index in [0.29, 0.717) is 5.92 Å². The van der Waals surface area contributed by atoms with Crippen LogP contribution >= 0.6 is 0 Å². The SMILES string of the molecule is CCC(C)C(O)CN(C)CC1CCOCC1. The summed E-state index contributed by atoms with van der Waals surface area (Å²) in [7, 11) is 2.11. The average molecular weight is 229 g/mol. The molecule has 16 heavy (non-hydrogen) atoms. The molecule has 0 aromatic rings. The first kappa shape index (κ1) is 13.9. The lowest BCUT2D eigenvalue weighted by atomic mass is 9.98. The monoisotopic (exact) mass is 229 g/mol. The number of hydrogen-bond donors (Lipinski definition) is 1. The van der Waals surface area contributed by atoms with Crippen LogP contribution in [-0.2, 0) is 4.74 Å². The molecule has 0 spiro atoms. The minimum absolute atomic E-state index is 0.185. The maximum atomic E-state index is 9.95. The lowest BCUT2D eigenvalue weighted by molar-refractivity contribution is 0.0390. The molecule has 0 aliphatic carbocycles. The van der Waals surface area contributed by atoms with Crippen molar-refractivity contribution in [3.8, 4) is 0 Å². The number of nitrogens with zero attached hydrogens (tertiary/aromatic N) is 1. The molecule has 96 valence electrons. The second-order valence-electron chi connectivity index (χ2n) is 5.23. The summed E-state index contributed by atoms with van der Waals surface area (Å²) < 4.78 is 5.35. The van der Waals surface area contributed by atoms with Gasteiger partial charge in [-0.05, 0) is 31.7 Å². The molecule has 2 atom stereocenters. The fourth-order valence-corrected chi connectivity index (χ4v) is 2.22. The third-order valence-electron chi connectivity index (χ3n) is 3.71. The molecule has 0 saturated carbocycles. The largest absolute Gasteiger partial charge is 0.392 e. The number of aliphatic hydroxyl groups is 1. The van der Waals surface area contributed by atoms with Crippen molar-refractivity contribution < 1.29 is 9.84 Å². The Balaban J connectivity index is 2.20. The second-order valence-corrected chi connectivity index (χ2v) is 5.23. The van der Waals surface area contributed by atoms with Gasteiger partial charge in [0.2, 0.25) is 0 Å². The molecule has 1 aliphatic heterocycles. The zero-order valence-electron chi connectivity index (χ0n) is 11.0. The fraction of sp³-hybridized carbons (Fsp3) is 1.00. The van der Waals surface area contributed by atoms with E-state index >= 15 is 0 Å². The molecule has 0 amide bonds. The van der Waals surface area contributed by atoms with Gasteiger partial charge in [-0.1, -0.05) is 20.3 Å². The lowest BCUT2D eigenvalue weighted by Crippen LogP contribution is -2.37. The minimum atomic E-state index is -0.185.